The maximum Gasteiger partial charge on any atom is 0.319 e. The maximum absolute atomic E-state index is 11.5. The molecule has 1 atom stereocenters. The molecule has 94 valence electrons. The van der Waals surface area contributed by atoms with Gasteiger partial charge in [-0.15, -0.1) is 0 Å². The van der Waals surface area contributed by atoms with E-state index in [1.807, 2.05) is 13.8 Å². The first-order chi connectivity index (χ1) is 7.92. The number of pyridine rings is 1. The van der Waals surface area contributed by atoms with Crippen molar-refractivity contribution in [2.75, 3.05) is 11.9 Å². The van der Waals surface area contributed by atoms with Gasteiger partial charge in [-0.3, -0.25) is 4.98 Å². The molecule has 0 spiro atoms. The summed E-state index contributed by atoms with van der Waals surface area (Å²) in [5.74, 6) is 0.0705. The van der Waals surface area contributed by atoms with Gasteiger partial charge in [0.2, 0.25) is 0 Å². The van der Waals surface area contributed by atoms with E-state index >= 15 is 0 Å². The molecule has 1 aromatic rings. The Kier molecular flexibility index (Phi) is 4.45. The van der Waals surface area contributed by atoms with E-state index in [2.05, 4.69) is 15.6 Å². The number of aromatic nitrogens is 1. The van der Waals surface area contributed by atoms with Crippen LogP contribution in [0.4, 0.5) is 10.5 Å². The minimum absolute atomic E-state index is 0.0705. The Morgan fingerprint density at radius 1 is 1.59 bits per heavy atom. The Morgan fingerprint density at radius 3 is 2.82 bits per heavy atom. The first-order valence-corrected chi connectivity index (χ1v) is 5.59. The third-order valence-corrected chi connectivity index (χ3v) is 2.77. The molecule has 0 saturated carbocycles. The molecule has 1 rings (SSSR count). The van der Waals surface area contributed by atoms with Crippen molar-refractivity contribution in [2.45, 2.75) is 26.4 Å². The van der Waals surface area contributed by atoms with Gasteiger partial charge < -0.3 is 15.7 Å². The summed E-state index contributed by atoms with van der Waals surface area (Å²) in [5, 5.41) is 15.2. The lowest BCUT2D eigenvalue weighted by Crippen LogP contribution is -2.45. The lowest BCUT2D eigenvalue weighted by Gasteiger charge is -2.27. The summed E-state index contributed by atoms with van der Waals surface area (Å²) in [6.07, 6.45) is 3.19. The average molecular weight is 237 g/mol. The number of nitrogens with one attached hydrogen (secondary N) is 2. The van der Waals surface area contributed by atoms with E-state index in [1.54, 1.807) is 31.5 Å². The van der Waals surface area contributed by atoms with Crippen molar-refractivity contribution in [1.29, 1.82) is 0 Å². The number of nitrogens with zero attached hydrogens (tertiary/aromatic N) is 1. The molecule has 2 amide bonds. The van der Waals surface area contributed by atoms with Crippen LogP contribution in [0.5, 0.6) is 0 Å². The molecule has 0 bridgehead atoms. The number of carbonyl (C=O) groups excluding carboxylic acids is 1. The molecule has 1 aromatic heterocycles. The van der Waals surface area contributed by atoms with E-state index in [9.17, 15) is 9.90 Å². The van der Waals surface area contributed by atoms with E-state index in [0.717, 1.165) is 0 Å². The molecule has 5 nitrogen and oxygen atoms in total. The highest BCUT2D eigenvalue weighted by Gasteiger charge is 2.25. The average Bonchev–Trinajstić information content (AvgIpc) is 2.28. The van der Waals surface area contributed by atoms with Crippen LogP contribution in [0.25, 0.3) is 0 Å². The highest BCUT2D eigenvalue weighted by molar-refractivity contribution is 5.88. The summed E-state index contributed by atoms with van der Waals surface area (Å²) in [4.78, 5) is 15.4. The van der Waals surface area contributed by atoms with Gasteiger partial charge in [-0.2, -0.15) is 0 Å². The van der Waals surface area contributed by atoms with Crippen LogP contribution in [0.3, 0.4) is 0 Å². The number of aliphatic hydroxyl groups is 1. The summed E-state index contributed by atoms with van der Waals surface area (Å²) < 4.78 is 0. The standard InChI is InChI=1S/C12H19N3O2/c1-9(2)12(3,17)8-14-11(16)15-10-5-4-6-13-7-10/h4-7,9,17H,8H2,1-3H3,(H2,14,15,16)/t12-/m0/s1. The summed E-state index contributed by atoms with van der Waals surface area (Å²) in [6.45, 7) is 5.71. The second-order valence-corrected chi connectivity index (χ2v) is 4.56. The molecular weight excluding hydrogens is 218 g/mol. The normalized spacial score (nSPS) is 14.2. The fourth-order valence-electron chi connectivity index (χ4n) is 1.08. The number of hydrogen-bond donors (Lipinski definition) is 3. The predicted molar refractivity (Wildman–Crippen MR) is 66.7 cm³/mol. The smallest absolute Gasteiger partial charge is 0.319 e. The second-order valence-electron chi connectivity index (χ2n) is 4.56. The number of urea groups is 1. The van der Waals surface area contributed by atoms with Crippen LogP contribution in [0.15, 0.2) is 24.5 Å². The van der Waals surface area contributed by atoms with E-state index in [1.165, 1.54) is 0 Å². The van der Waals surface area contributed by atoms with E-state index < -0.39 is 5.60 Å². The van der Waals surface area contributed by atoms with E-state index in [0.29, 0.717) is 5.69 Å². The van der Waals surface area contributed by atoms with E-state index in [4.69, 9.17) is 0 Å². The quantitative estimate of drug-likeness (QED) is 0.744. The van der Waals surface area contributed by atoms with Gasteiger partial charge in [-0.25, -0.2) is 4.79 Å². The van der Waals surface area contributed by atoms with Gasteiger partial charge >= 0.3 is 6.03 Å². The summed E-state index contributed by atoms with van der Waals surface area (Å²) >= 11 is 0. The summed E-state index contributed by atoms with van der Waals surface area (Å²) in [5.41, 5.74) is -0.291. The molecule has 1 heterocycles. The van der Waals surface area contributed by atoms with Gasteiger partial charge in [0, 0.05) is 12.7 Å². The van der Waals surface area contributed by atoms with Crippen LogP contribution in [-0.4, -0.2) is 28.3 Å². The molecule has 0 aliphatic rings. The van der Waals surface area contributed by atoms with Crippen molar-refractivity contribution in [2.24, 2.45) is 5.92 Å². The van der Waals surface area contributed by atoms with Crippen molar-refractivity contribution in [3.8, 4) is 0 Å². The molecule has 0 aromatic carbocycles. The van der Waals surface area contributed by atoms with Crippen molar-refractivity contribution in [3.05, 3.63) is 24.5 Å². The Balaban J connectivity index is 2.41. The first kappa shape index (κ1) is 13.4. The lowest BCUT2D eigenvalue weighted by molar-refractivity contribution is 0.0170. The largest absolute Gasteiger partial charge is 0.388 e. The van der Waals surface area contributed by atoms with Gasteiger partial charge in [-0.1, -0.05) is 13.8 Å². The van der Waals surface area contributed by atoms with E-state index in [-0.39, 0.29) is 18.5 Å². The summed E-state index contributed by atoms with van der Waals surface area (Å²) in [7, 11) is 0. The number of rotatable bonds is 4. The molecular formula is C12H19N3O2. The minimum Gasteiger partial charge on any atom is -0.388 e. The topological polar surface area (TPSA) is 74.2 Å². The SMILES string of the molecule is CC(C)[C@@](C)(O)CNC(=O)Nc1cccnc1. The Hall–Kier alpha value is -1.62. The molecule has 0 saturated heterocycles. The first-order valence-electron chi connectivity index (χ1n) is 5.59. The van der Waals surface area contributed by atoms with Crippen LogP contribution in [0.1, 0.15) is 20.8 Å². The zero-order valence-corrected chi connectivity index (χ0v) is 10.4. The number of anilines is 1. The second kappa shape index (κ2) is 5.63. The molecule has 0 aliphatic heterocycles. The van der Waals surface area contributed by atoms with Gasteiger partial charge in [0.05, 0.1) is 17.5 Å². The Bertz CT molecular complexity index is 363. The van der Waals surface area contributed by atoms with Crippen LogP contribution in [-0.2, 0) is 0 Å². The molecule has 5 heteroatoms. The summed E-state index contributed by atoms with van der Waals surface area (Å²) in [6, 6.07) is 3.13. The number of amides is 2. The Morgan fingerprint density at radius 2 is 2.29 bits per heavy atom. The molecule has 0 aliphatic carbocycles. The maximum atomic E-state index is 11.5. The zero-order valence-electron chi connectivity index (χ0n) is 10.4. The molecule has 0 fully saturated rings. The van der Waals surface area contributed by atoms with Crippen LogP contribution in [0, 0.1) is 5.92 Å². The number of hydrogen-bond acceptors (Lipinski definition) is 3. The third-order valence-electron chi connectivity index (χ3n) is 2.77. The van der Waals surface area contributed by atoms with Gasteiger partial charge in [0.25, 0.3) is 0 Å². The van der Waals surface area contributed by atoms with Gasteiger partial charge in [0.15, 0.2) is 0 Å². The van der Waals surface area contributed by atoms with Crippen LogP contribution >= 0.6 is 0 Å². The van der Waals surface area contributed by atoms with Crippen molar-refractivity contribution in [1.82, 2.24) is 10.3 Å². The monoisotopic (exact) mass is 237 g/mol. The van der Waals surface area contributed by atoms with Crippen molar-refractivity contribution >= 4 is 11.7 Å². The zero-order chi connectivity index (χ0) is 12.9. The molecule has 17 heavy (non-hydrogen) atoms. The van der Waals surface area contributed by atoms with Gasteiger partial charge in [-0.05, 0) is 25.0 Å². The van der Waals surface area contributed by atoms with Crippen LogP contribution < -0.4 is 10.6 Å². The van der Waals surface area contributed by atoms with Crippen molar-refractivity contribution < 1.29 is 9.90 Å². The predicted octanol–water partition coefficient (Wildman–Crippen LogP) is 1.61. The number of carbonyl (C=O) groups is 1. The van der Waals surface area contributed by atoms with Crippen molar-refractivity contribution in [3.63, 3.8) is 0 Å². The molecule has 0 radical (unpaired) electrons. The molecule has 0 unspecified atom stereocenters. The highest BCUT2D eigenvalue weighted by atomic mass is 16.3. The lowest BCUT2D eigenvalue weighted by atomic mass is 9.93. The van der Waals surface area contributed by atoms with Crippen LogP contribution in [0.2, 0.25) is 0 Å². The molecule has 3 N–H and O–H groups in total. The van der Waals surface area contributed by atoms with Gasteiger partial charge in [0.1, 0.15) is 0 Å². The fourth-order valence-corrected chi connectivity index (χ4v) is 1.08. The highest BCUT2D eigenvalue weighted by Crippen LogP contribution is 2.14. The fraction of sp³-hybridized carbons (Fsp3) is 0.500. The minimum atomic E-state index is -0.910. The third kappa shape index (κ3) is 4.40. The Labute approximate surface area is 101 Å².